The van der Waals surface area contributed by atoms with Crippen LogP contribution >= 0.6 is 0 Å². The number of carbonyl (C=O) groups is 2. The van der Waals surface area contributed by atoms with Crippen molar-refractivity contribution in [3.63, 3.8) is 0 Å². The molecule has 2 saturated heterocycles. The van der Waals surface area contributed by atoms with E-state index in [1.807, 2.05) is 79.8 Å². The van der Waals surface area contributed by atoms with E-state index >= 15 is 4.79 Å². The number of amides is 1. The van der Waals surface area contributed by atoms with Crippen molar-refractivity contribution < 1.29 is 18.4 Å². The quantitative estimate of drug-likeness (QED) is 0.392. The van der Waals surface area contributed by atoms with Crippen molar-refractivity contribution in [2.75, 3.05) is 25.5 Å². The number of anilines is 1. The van der Waals surface area contributed by atoms with Gasteiger partial charge in [0, 0.05) is 36.0 Å². The Morgan fingerprint density at radius 1 is 0.921 bits per heavy atom. The van der Waals surface area contributed by atoms with Crippen molar-refractivity contribution in [2.24, 2.45) is 5.41 Å². The van der Waals surface area contributed by atoms with E-state index in [1.165, 1.54) is 0 Å². The van der Waals surface area contributed by atoms with E-state index in [0.29, 0.717) is 35.9 Å². The summed E-state index contributed by atoms with van der Waals surface area (Å²) in [7, 11) is 1.99. The molecule has 0 aliphatic carbocycles. The summed E-state index contributed by atoms with van der Waals surface area (Å²) in [6.07, 6.45) is 5.03. The predicted molar refractivity (Wildman–Crippen MR) is 142 cm³/mol. The maximum atomic E-state index is 15.0. The van der Waals surface area contributed by atoms with Gasteiger partial charge in [-0.3, -0.25) is 14.9 Å². The summed E-state index contributed by atoms with van der Waals surface area (Å²) >= 11 is 0. The van der Waals surface area contributed by atoms with Crippen molar-refractivity contribution >= 4 is 23.5 Å². The maximum Gasteiger partial charge on any atom is 0.250 e. The minimum Gasteiger partial charge on any atom is -0.469 e. The molecule has 3 aliphatic heterocycles. The Morgan fingerprint density at radius 3 is 2.45 bits per heavy atom. The second-order valence-electron chi connectivity index (χ2n) is 10.4. The number of piperidine rings is 1. The fourth-order valence-electron chi connectivity index (χ4n) is 7.01. The highest BCUT2D eigenvalue weighted by atomic mass is 16.3. The number of nitrogens with one attached hydrogen (secondary N) is 2. The zero-order valence-corrected chi connectivity index (χ0v) is 20.9. The van der Waals surface area contributed by atoms with E-state index in [4.69, 9.17) is 8.83 Å². The second kappa shape index (κ2) is 8.41. The molecule has 190 valence electrons. The zero-order chi connectivity index (χ0) is 25.9. The van der Waals surface area contributed by atoms with Crippen LogP contribution in [0.3, 0.4) is 0 Å². The monoisotopic (exact) mass is 505 g/mol. The fraction of sp³-hybridized carbons (Fsp3) is 0.226. The number of furan rings is 2. The van der Waals surface area contributed by atoms with Gasteiger partial charge >= 0.3 is 0 Å². The number of hydrogen-bond donors (Lipinski definition) is 2. The number of para-hydroxylation sites is 1. The van der Waals surface area contributed by atoms with Crippen LogP contribution in [0.25, 0.3) is 6.08 Å². The standard InChI is InChI=1S/C31H27N3O4/c1-34-18-21(17-22-11-7-15-37-22)28(35)30(19-34)26(25-14-8-16-38-25)27(20-9-3-2-4-10-20)33-31(30)23-12-5-6-13-24(23)32-29(31)36/h2-17,26-27,33H,18-19H2,1H3,(H,32,36)/b21-17+/t26-,27-,30-,31-/m1/s1. The smallest absolute Gasteiger partial charge is 0.250 e. The van der Waals surface area contributed by atoms with Gasteiger partial charge in [0.2, 0.25) is 0 Å². The molecule has 38 heavy (non-hydrogen) atoms. The molecule has 4 aromatic rings. The molecular weight excluding hydrogens is 478 g/mol. The van der Waals surface area contributed by atoms with Gasteiger partial charge in [-0.1, -0.05) is 48.5 Å². The summed E-state index contributed by atoms with van der Waals surface area (Å²) < 4.78 is 11.7. The molecule has 2 aromatic carbocycles. The normalized spacial score (nSPS) is 29.9. The maximum absolute atomic E-state index is 15.0. The molecule has 7 heteroatoms. The van der Waals surface area contributed by atoms with Gasteiger partial charge in [0.1, 0.15) is 17.1 Å². The Balaban J connectivity index is 1.55. The van der Waals surface area contributed by atoms with Crippen molar-refractivity contribution in [2.45, 2.75) is 17.5 Å². The molecule has 7 rings (SSSR count). The highest BCUT2D eigenvalue weighted by Crippen LogP contribution is 2.65. The van der Waals surface area contributed by atoms with Crippen LogP contribution in [-0.4, -0.2) is 36.7 Å². The van der Waals surface area contributed by atoms with Crippen LogP contribution in [-0.2, 0) is 15.1 Å². The van der Waals surface area contributed by atoms with E-state index in [9.17, 15) is 4.79 Å². The number of rotatable bonds is 3. The Kier molecular flexibility index (Phi) is 5.08. The topological polar surface area (TPSA) is 87.7 Å². The first-order chi connectivity index (χ1) is 18.5. The molecule has 2 aromatic heterocycles. The largest absolute Gasteiger partial charge is 0.469 e. The third-order valence-corrected chi connectivity index (χ3v) is 8.35. The second-order valence-corrected chi connectivity index (χ2v) is 10.4. The Morgan fingerprint density at radius 2 is 1.68 bits per heavy atom. The third-order valence-electron chi connectivity index (χ3n) is 8.35. The van der Waals surface area contributed by atoms with Gasteiger partial charge in [-0.2, -0.15) is 0 Å². The van der Waals surface area contributed by atoms with E-state index in [-0.39, 0.29) is 17.7 Å². The van der Waals surface area contributed by atoms with Crippen LogP contribution in [0.4, 0.5) is 5.69 Å². The molecule has 0 bridgehead atoms. The van der Waals surface area contributed by atoms with Gasteiger partial charge in [-0.05, 0) is 49.0 Å². The number of nitrogens with zero attached hydrogens (tertiary/aromatic N) is 1. The number of benzene rings is 2. The van der Waals surface area contributed by atoms with E-state index < -0.39 is 16.9 Å². The summed E-state index contributed by atoms with van der Waals surface area (Å²) in [6, 6.07) is 24.7. The minimum absolute atomic E-state index is 0.0776. The minimum atomic E-state index is -1.32. The predicted octanol–water partition coefficient (Wildman–Crippen LogP) is 4.73. The molecule has 0 radical (unpaired) electrons. The lowest BCUT2D eigenvalue weighted by atomic mass is 9.56. The molecule has 3 aliphatic rings. The Labute approximate surface area is 220 Å². The van der Waals surface area contributed by atoms with Crippen LogP contribution < -0.4 is 10.6 Å². The number of Topliss-reactive ketones (excluding diaryl/α,β-unsaturated/α-hetero) is 1. The summed E-state index contributed by atoms with van der Waals surface area (Å²) in [5, 5.41) is 6.84. The first kappa shape index (κ1) is 23.0. The third kappa shape index (κ3) is 3.03. The van der Waals surface area contributed by atoms with Gasteiger partial charge in [-0.25, -0.2) is 0 Å². The first-order valence-electron chi connectivity index (χ1n) is 12.8. The van der Waals surface area contributed by atoms with Gasteiger partial charge < -0.3 is 19.1 Å². The fourth-order valence-corrected chi connectivity index (χ4v) is 7.01. The van der Waals surface area contributed by atoms with Crippen LogP contribution in [0.5, 0.6) is 0 Å². The van der Waals surface area contributed by atoms with Crippen molar-refractivity contribution in [1.82, 2.24) is 10.2 Å². The van der Waals surface area contributed by atoms with Crippen molar-refractivity contribution in [3.05, 3.63) is 120 Å². The van der Waals surface area contributed by atoms with E-state index in [2.05, 4.69) is 15.5 Å². The van der Waals surface area contributed by atoms with Crippen LogP contribution in [0.2, 0.25) is 0 Å². The summed E-state index contributed by atoms with van der Waals surface area (Å²) in [6.45, 7) is 0.812. The van der Waals surface area contributed by atoms with Crippen LogP contribution in [0, 0.1) is 5.41 Å². The molecule has 7 nitrogen and oxygen atoms in total. The number of fused-ring (bicyclic) bond motifs is 3. The molecule has 2 N–H and O–H groups in total. The highest BCUT2D eigenvalue weighted by Gasteiger charge is 2.75. The van der Waals surface area contributed by atoms with Gasteiger partial charge in [0.25, 0.3) is 5.91 Å². The van der Waals surface area contributed by atoms with Gasteiger partial charge in [0.05, 0.1) is 23.9 Å². The molecule has 5 heterocycles. The molecule has 4 atom stereocenters. The average molecular weight is 506 g/mol. The molecule has 2 fully saturated rings. The zero-order valence-electron chi connectivity index (χ0n) is 20.9. The van der Waals surface area contributed by atoms with E-state index in [1.54, 1.807) is 24.7 Å². The van der Waals surface area contributed by atoms with Gasteiger partial charge in [-0.15, -0.1) is 0 Å². The van der Waals surface area contributed by atoms with Crippen molar-refractivity contribution in [1.29, 1.82) is 0 Å². The Hall–Kier alpha value is -4.20. The van der Waals surface area contributed by atoms with Gasteiger partial charge in [0.15, 0.2) is 5.78 Å². The number of likely N-dealkylation sites (tertiary alicyclic amines) is 1. The first-order valence-corrected chi connectivity index (χ1v) is 12.8. The molecule has 0 saturated carbocycles. The molecular formula is C31H27N3O4. The van der Waals surface area contributed by atoms with E-state index in [0.717, 1.165) is 11.1 Å². The molecule has 2 spiro atoms. The molecule has 1 amide bonds. The Bertz CT molecular complexity index is 1540. The lowest BCUT2D eigenvalue weighted by Gasteiger charge is -2.48. The molecule has 0 unspecified atom stereocenters. The average Bonchev–Trinajstić information content (AvgIpc) is 3.72. The highest BCUT2D eigenvalue weighted by molar-refractivity contribution is 6.15. The number of likely N-dealkylation sites (N-methyl/N-ethyl adjacent to an activating group) is 1. The lowest BCUT2D eigenvalue weighted by Crippen LogP contribution is -2.65. The lowest BCUT2D eigenvalue weighted by molar-refractivity contribution is -0.141. The van der Waals surface area contributed by atoms with Crippen LogP contribution in [0.15, 0.2) is 106 Å². The van der Waals surface area contributed by atoms with Crippen molar-refractivity contribution in [3.8, 4) is 0 Å². The summed E-state index contributed by atoms with van der Waals surface area (Å²) in [5.41, 5.74) is 0.537. The number of carbonyl (C=O) groups excluding carboxylic acids is 2. The SMILES string of the molecule is CN1C/C(=C\c2ccco2)C(=O)[C@@]2(C1)[C@H](c1ccco1)[C@@H](c1ccccc1)N[C@]21C(=O)Nc2ccccc21. The summed E-state index contributed by atoms with van der Waals surface area (Å²) in [5.74, 6) is 0.499. The summed E-state index contributed by atoms with van der Waals surface area (Å²) in [4.78, 5) is 31.4. The number of hydrogen-bond acceptors (Lipinski definition) is 6. The van der Waals surface area contributed by atoms with Crippen LogP contribution in [0.1, 0.15) is 34.6 Å². The number of ketones is 1.